The molecule has 0 bridgehead atoms. The summed E-state index contributed by atoms with van der Waals surface area (Å²) in [5, 5.41) is 0. The molecule has 0 heterocycles. The van der Waals surface area contributed by atoms with E-state index in [0.29, 0.717) is 35.1 Å². The smallest absolute Gasteiger partial charge is 0.136 e. The van der Waals surface area contributed by atoms with Gasteiger partial charge in [-0.1, -0.05) is 25.3 Å². The van der Waals surface area contributed by atoms with E-state index in [2.05, 4.69) is 0 Å². The number of rotatable bonds is 5. The van der Waals surface area contributed by atoms with Gasteiger partial charge in [-0.3, -0.25) is 0 Å². The third-order valence-electron chi connectivity index (χ3n) is 5.07. The van der Waals surface area contributed by atoms with Gasteiger partial charge in [-0.15, -0.1) is 0 Å². The summed E-state index contributed by atoms with van der Waals surface area (Å²) < 4.78 is 51.9. The van der Waals surface area contributed by atoms with Crippen molar-refractivity contribution >= 4 is 12.2 Å². The maximum absolute atomic E-state index is 13.8. The van der Waals surface area contributed by atoms with Gasteiger partial charge >= 0.3 is 0 Å². The largest absolute Gasteiger partial charge is 0.496 e. The average molecular weight is 376 g/mol. The van der Waals surface area contributed by atoms with Crippen LogP contribution in [-0.2, 0) is 0 Å². The van der Waals surface area contributed by atoms with Crippen LogP contribution in [0.1, 0.15) is 54.7 Å². The molecular weight excluding hydrogens is 353 g/mol. The molecule has 0 radical (unpaired) electrons. The molecule has 2 nitrogen and oxygen atoms in total. The minimum Gasteiger partial charge on any atom is -0.496 e. The number of hydrogen-bond acceptors (Lipinski definition) is 2. The summed E-state index contributed by atoms with van der Waals surface area (Å²) in [5.74, 6) is -1.03. The van der Waals surface area contributed by atoms with Crippen LogP contribution in [0.2, 0.25) is 0 Å². The van der Waals surface area contributed by atoms with Crippen LogP contribution >= 0.6 is 0 Å². The highest BCUT2D eigenvalue weighted by atomic mass is 19.1. The molecule has 0 atom stereocenters. The van der Waals surface area contributed by atoms with Crippen molar-refractivity contribution in [1.82, 2.24) is 0 Å². The molecule has 3 rings (SSSR count). The summed E-state index contributed by atoms with van der Waals surface area (Å²) in [7, 11) is 3.21. The van der Waals surface area contributed by atoms with E-state index in [0.717, 1.165) is 18.4 Å². The van der Waals surface area contributed by atoms with Gasteiger partial charge in [0.25, 0.3) is 0 Å². The van der Waals surface area contributed by atoms with Crippen LogP contribution in [-0.4, -0.2) is 14.2 Å². The second-order valence-corrected chi connectivity index (χ2v) is 6.79. The van der Waals surface area contributed by atoms with E-state index < -0.39 is 17.5 Å². The molecular formula is C22H23F3O2. The molecule has 2 aromatic rings. The lowest BCUT2D eigenvalue weighted by Crippen LogP contribution is -2.08. The lowest BCUT2D eigenvalue weighted by Gasteiger charge is -2.26. The van der Waals surface area contributed by atoms with Crippen LogP contribution in [0.4, 0.5) is 13.2 Å². The monoisotopic (exact) mass is 376 g/mol. The van der Waals surface area contributed by atoms with Gasteiger partial charge in [-0.25, -0.2) is 13.2 Å². The van der Waals surface area contributed by atoms with E-state index >= 15 is 0 Å². The van der Waals surface area contributed by atoms with Crippen LogP contribution < -0.4 is 9.47 Å². The highest BCUT2D eigenvalue weighted by molar-refractivity contribution is 5.72. The molecule has 0 amide bonds. The number of methoxy groups -OCH3 is 2. The second-order valence-electron chi connectivity index (χ2n) is 6.79. The van der Waals surface area contributed by atoms with Gasteiger partial charge in [0.1, 0.15) is 29.0 Å². The zero-order valence-electron chi connectivity index (χ0n) is 15.5. The molecule has 144 valence electrons. The van der Waals surface area contributed by atoms with Crippen molar-refractivity contribution in [1.29, 1.82) is 0 Å². The van der Waals surface area contributed by atoms with Crippen molar-refractivity contribution in [3.8, 4) is 11.5 Å². The Morgan fingerprint density at radius 1 is 0.815 bits per heavy atom. The number of ether oxygens (including phenoxy) is 2. The highest BCUT2D eigenvalue weighted by Gasteiger charge is 2.23. The Balaban J connectivity index is 1.97. The predicted octanol–water partition coefficient (Wildman–Crippen LogP) is 6.34. The Labute approximate surface area is 157 Å². The molecule has 0 aromatic heterocycles. The molecule has 1 aliphatic carbocycles. The summed E-state index contributed by atoms with van der Waals surface area (Å²) in [4.78, 5) is 0. The zero-order valence-corrected chi connectivity index (χ0v) is 15.5. The van der Waals surface area contributed by atoms with Crippen LogP contribution in [0.3, 0.4) is 0 Å². The standard InChI is InChI=1S/C22H23F3O2/c1-26-20-10-14(8-9-17-18(24)12-16(23)13-19(17)25)11-21(27-2)22(20)15-6-4-3-5-7-15/h8-13,15H,3-7H2,1-2H3/b9-8+. The van der Waals surface area contributed by atoms with Gasteiger partial charge in [0.2, 0.25) is 0 Å². The Hall–Kier alpha value is -2.43. The Bertz CT molecular complexity index is 791. The van der Waals surface area contributed by atoms with E-state index in [1.54, 1.807) is 20.3 Å². The van der Waals surface area contributed by atoms with Crippen molar-refractivity contribution in [2.75, 3.05) is 14.2 Å². The molecule has 27 heavy (non-hydrogen) atoms. The Morgan fingerprint density at radius 2 is 1.37 bits per heavy atom. The fraction of sp³-hybridized carbons (Fsp3) is 0.364. The molecule has 0 unspecified atom stereocenters. The summed E-state index contributed by atoms with van der Waals surface area (Å²) in [5.41, 5.74) is 1.45. The fourth-order valence-electron chi connectivity index (χ4n) is 3.74. The minimum absolute atomic E-state index is 0.286. The van der Waals surface area contributed by atoms with Gasteiger partial charge < -0.3 is 9.47 Å². The first-order valence-electron chi connectivity index (χ1n) is 9.12. The fourth-order valence-corrected chi connectivity index (χ4v) is 3.74. The van der Waals surface area contributed by atoms with Crippen molar-refractivity contribution in [2.45, 2.75) is 38.0 Å². The lowest BCUT2D eigenvalue weighted by atomic mass is 9.82. The minimum atomic E-state index is -0.943. The van der Waals surface area contributed by atoms with E-state index in [1.807, 2.05) is 12.1 Å². The van der Waals surface area contributed by atoms with E-state index in [-0.39, 0.29) is 5.56 Å². The van der Waals surface area contributed by atoms with Gasteiger partial charge in [0.05, 0.1) is 14.2 Å². The number of hydrogen-bond donors (Lipinski definition) is 0. The quantitative estimate of drug-likeness (QED) is 0.567. The highest BCUT2D eigenvalue weighted by Crippen LogP contribution is 2.43. The molecule has 0 spiro atoms. The third-order valence-corrected chi connectivity index (χ3v) is 5.07. The topological polar surface area (TPSA) is 18.5 Å². The van der Waals surface area contributed by atoms with Crippen molar-refractivity contribution in [2.24, 2.45) is 0 Å². The van der Waals surface area contributed by atoms with Gasteiger partial charge in [-0.05, 0) is 42.5 Å². The summed E-state index contributed by atoms with van der Waals surface area (Å²) >= 11 is 0. The number of benzene rings is 2. The van der Waals surface area contributed by atoms with E-state index in [1.165, 1.54) is 25.3 Å². The van der Waals surface area contributed by atoms with Gasteiger partial charge in [0.15, 0.2) is 0 Å². The van der Waals surface area contributed by atoms with Crippen LogP contribution in [0.5, 0.6) is 11.5 Å². The first-order chi connectivity index (χ1) is 13.0. The normalized spacial score (nSPS) is 15.3. The lowest BCUT2D eigenvalue weighted by molar-refractivity contribution is 0.359. The summed E-state index contributed by atoms with van der Waals surface area (Å²) in [6, 6.07) is 5.00. The first-order valence-corrected chi connectivity index (χ1v) is 9.12. The molecule has 1 aliphatic rings. The molecule has 1 saturated carbocycles. The third kappa shape index (κ3) is 4.29. The van der Waals surface area contributed by atoms with Crippen LogP contribution in [0.25, 0.3) is 12.2 Å². The van der Waals surface area contributed by atoms with E-state index in [9.17, 15) is 13.2 Å². The summed E-state index contributed by atoms with van der Waals surface area (Å²) in [6.07, 6.45) is 8.65. The average Bonchev–Trinajstić information content (AvgIpc) is 2.67. The van der Waals surface area contributed by atoms with E-state index in [4.69, 9.17) is 9.47 Å². The zero-order chi connectivity index (χ0) is 19.4. The maximum Gasteiger partial charge on any atom is 0.136 e. The maximum atomic E-state index is 13.8. The van der Waals surface area contributed by atoms with Crippen molar-refractivity contribution < 1.29 is 22.6 Å². The van der Waals surface area contributed by atoms with Gasteiger partial charge in [0, 0.05) is 23.3 Å². The van der Waals surface area contributed by atoms with Crippen molar-refractivity contribution in [3.63, 3.8) is 0 Å². The van der Waals surface area contributed by atoms with Crippen molar-refractivity contribution in [3.05, 3.63) is 58.4 Å². The molecule has 0 N–H and O–H groups in total. The predicted molar refractivity (Wildman–Crippen MR) is 101 cm³/mol. The molecule has 0 aliphatic heterocycles. The molecule has 0 saturated heterocycles. The summed E-state index contributed by atoms with van der Waals surface area (Å²) in [6.45, 7) is 0. The van der Waals surface area contributed by atoms with Gasteiger partial charge in [-0.2, -0.15) is 0 Å². The Kier molecular flexibility index (Phi) is 6.09. The molecule has 2 aromatic carbocycles. The molecule has 5 heteroatoms. The first kappa shape index (κ1) is 19.3. The van der Waals surface area contributed by atoms with Crippen LogP contribution in [0.15, 0.2) is 24.3 Å². The molecule has 1 fully saturated rings. The SMILES string of the molecule is COc1cc(/C=C/c2c(F)cc(F)cc2F)cc(OC)c1C1CCCCC1. The number of halogens is 3. The second kappa shape index (κ2) is 8.51. The Morgan fingerprint density at radius 3 is 1.89 bits per heavy atom. The van der Waals surface area contributed by atoms with Crippen LogP contribution in [0, 0.1) is 17.5 Å².